The number of hydrogen-bond acceptors (Lipinski definition) is 6. The van der Waals surface area contributed by atoms with Gasteiger partial charge < -0.3 is 9.64 Å². The molecule has 2 aromatic rings. The molecule has 1 saturated carbocycles. The summed E-state index contributed by atoms with van der Waals surface area (Å²) in [6.45, 7) is 0. The van der Waals surface area contributed by atoms with Gasteiger partial charge in [0.05, 0.1) is 11.2 Å². The maximum Gasteiger partial charge on any atom is 0.363 e. The first kappa shape index (κ1) is 16.2. The Hall–Kier alpha value is -1.66. The first-order chi connectivity index (χ1) is 11.1. The predicted octanol–water partition coefficient (Wildman–Crippen LogP) is 4.18. The van der Waals surface area contributed by atoms with Crippen molar-refractivity contribution in [3.05, 3.63) is 34.6 Å². The Morgan fingerprint density at radius 1 is 1.35 bits per heavy atom. The number of carbonyl (C=O) groups excluding carboxylic acids is 1. The molecule has 0 spiro atoms. The molecule has 0 bridgehead atoms. The van der Waals surface area contributed by atoms with Crippen LogP contribution < -0.4 is 9.64 Å². The van der Waals surface area contributed by atoms with Crippen molar-refractivity contribution < 1.29 is 9.53 Å². The summed E-state index contributed by atoms with van der Waals surface area (Å²) in [5, 5.41) is 3.01. The van der Waals surface area contributed by atoms with Crippen LogP contribution in [-0.2, 0) is 0 Å². The molecule has 2 heterocycles. The largest absolute Gasteiger partial charge is 0.420 e. The van der Waals surface area contributed by atoms with Crippen molar-refractivity contribution >= 4 is 34.0 Å². The fourth-order valence-electron chi connectivity index (χ4n) is 2.75. The quantitative estimate of drug-likeness (QED) is 0.773. The Kier molecular flexibility index (Phi) is 5.13. The maximum absolute atomic E-state index is 12.2. The predicted molar refractivity (Wildman–Crippen MR) is 91.6 cm³/mol. The third-order valence-corrected chi connectivity index (χ3v) is 5.15. The van der Waals surface area contributed by atoms with E-state index in [1.807, 2.05) is 7.05 Å². The number of pyridine rings is 1. The second-order valence-corrected chi connectivity index (χ2v) is 6.92. The van der Waals surface area contributed by atoms with Crippen LogP contribution >= 0.6 is 22.9 Å². The summed E-state index contributed by atoms with van der Waals surface area (Å²) >= 11 is 7.30. The molecule has 1 fully saturated rings. The average molecular weight is 352 g/mol. The van der Waals surface area contributed by atoms with E-state index in [0.29, 0.717) is 22.5 Å². The molecule has 7 heteroatoms. The number of aromatic nitrogens is 2. The van der Waals surface area contributed by atoms with E-state index in [1.54, 1.807) is 11.4 Å². The van der Waals surface area contributed by atoms with Gasteiger partial charge in [-0.25, -0.2) is 9.78 Å². The SMILES string of the molecule is CN(c1nc(C(=O)Oc2cncc(Cl)c2)cs1)C1CCCCC1. The van der Waals surface area contributed by atoms with Crippen LogP contribution in [0.4, 0.5) is 5.13 Å². The molecule has 122 valence electrons. The van der Waals surface area contributed by atoms with Crippen LogP contribution in [0.5, 0.6) is 5.75 Å². The number of ether oxygens (including phenoxy) is 1. The lowest BCUT2D eigenvalue weighted by atomic mass is 9.95. The Balaban J connectivity index is 1.67. The summed E-state index contributed by atoms with van der Waals surface area (Å²) in [4.78, 5) is 22.7. The van der Waals surface area contributed by atoms with E-state index in [2.05, 4.69) is 14.9 Å². The van der Waals surface area contributed by atoms with E-state index in [-0.39, 0.29) is 0 Å². The highest BCUT2D eigenvalue weighted by molar-refractivity contribution is 7.13. The monoisotopic (exact) mass is 351 g/mol. The molecular weight excluding hydrogens is 334 g/mol. The highest BCUT2D eigenvalue weighted by atomic mass is 35.5. The van der Waals surface area contributed by atoms with Gasteiger partial charge in [-0.3, -0.25) is 4.98 Å². The molecule has 0 atom stereocenters. The van der Waals surface area contributed by atoms with Gasteiger partial charge in [0.2, 0.25) is 0 Å². The molecule has 0 unspecified atom stereocenters. The number of esters is 1. The summed E-state index contributed by atoms with van der Waals surface area (Å²) in [6, 6.07) is 2.06. The number of rotatable bonds is 4. The van der Waals surface area contributed by atoms with Gasteiger partial charge in [0, 0.05) is 30.7 Å². The molecule has 0 N–H and O–H groups in total. The lowest BCUT2D eigenvalue weighted by molar-refractivity contribution is 0.0729. The standard InChI is InChI=1S/C16H18ClN3O2S/c1-20(12-5-3-2-4-6-12)16-19-14(10-23-16)15(21)22-13-7-11(17)8-18-9-13/h7-10,12H,2-6H2,1H3. The Morgan fingerprint density at radius 3 is 2.87 bits per heavy atom. The van der Waals surface area contributed by atoms with E-state index in [4.69, 9.17) is 16.3 Å². The maximum atomic E-state index is 12.2. The Bertz CT molecular complexity index is 685. The molecule has 5 nitrogen and oxygen atoms in total. The lowest BCUT2D eigenvalue weighted by Gasteiger charge is -2.30. The molecule has 1 aliphatic carbocycles. The van der Waals surface area contributed by atoms with Crippen molar-refractivity contribution in [1.82, 2.24) is 9.97 Å². The molecule has 2 aromatic heterocycles. The summed E-state index contributed by atoms with van der Waals surface area (Å²) in [6.07, 6.45) is 9.14. The first-order valence-corrected chi connectivity index (χ1v) is 8.90. The van der Waals surface area contributed by atoms with Crippen molar-refractivity contribution in [1.29, 1.82) is 0 Å². The molecule has 0 aromatic carbocycles. The van der Waals surface area contributed by atoms with Gasteiger partial charge >= 0.3 is 5.97 Å². The number of anilines is 1. The molecule has 3 rings (SSSR count). The molecule has 0 radical (unpaired) electrons. The zero-order chi connectivity index (χ0) is 16.2. The van der Waals surface area contributed by atoms with Crippen LogP contribution in [0.1, 0.15) is 42.6 Å². The Morgan fingerprint density at radius 2 is 2.13 bits per heavy atom. The van der Waals surface area contributed by atoms with E-state index < -0.39 is 5.97 Å². The van der Waals surface area contributed by atoms with Gasteiger partial charge in [0.15, 0.2) is 16.6 Å². The first-order valence-electron chi connectivity index (χ1n) is 7.64. The van der Waals surface area contributed by atoms with Crippen LogP contribution in [0.15, 0.2) is 23.8 Å². The van der Waals surface area contributed by atoms with Crippen molar-refractivity contribution in [2.24, 2.45) is 0 Å². The van der Waals surface area contributed by atoms with Crippen LogP contribution in [0.3, 0.4) is 0 Å². The van der Waals surface area contributed by atoms with Crippen LogP contribution in [0, 0.1) is 0 Å². The van der Waals surface area contributed by atoms with Crippen LogP contribution in [0.25, 0.3) is 0 Å². The number of hydrogen-bond donors (Lipinski definition) is 0. The minimum Gasteiger partial charge on any atom is -0.420 e. The zero-order valence-corrected chi connectivity index (χ0v) is 14.4. The number of carbonyl (C=O) groups is 1. The minimum atomic E-state index is -0.492. The third-order valence-electron chi connectivity index (χ3n) is 4.02. The lowest BCUT2D eigenvalue weighted by Crippen LogP contribution is -2.33. The Labute approximate surface area is 144 Å². The van der Waals surface area contributed by atoms with E-state index in [9.17, 15) is 4.79 Å². The van der Waals surface area contributed by atoms with Gasteiger partial charge in [-0.05, 0) is 12.8 Å². The van der Waals surface area contributed by atoms with Crippen molar-refractivity contribution in [2.75, 3.05) is 11.9 Å². The van der Waals surface area contributed by atoms with Crippen LogP contribution in [-0.4, -0.2) is 29.0 Å². The summed E-state index contributed by atoms with van der Waals surface area (Å²) in [5.74, 6) is -0.175. The zero-order valence-electron chi connectivity index (χ0n) is 12.9. The van der Waals surface area contributed by atoms with Crippen molar-refractivity contribution in [3.63, 3.8) is 0 Å². The smallest absolute Gasteiger partial charge is 0.363 e. The third kappa shape index (κ3) is 4.00. The summed E-state index contributed by atoms with van der Waals surface area (Å²) in [7, 11) is 2.05. The average Bonchev–Trinajstić information content (AvgIpc) is 3.05. The van der Waals surface area contributed by atoms with Gasteiger partial charge in [-0.15, -0.1) is 11.3 Å². The molecule has 1 aliphatic rings. The fourth-order valence-corrected chi connectivity index (χ4v) is 3.75. The number of thiazole rings is 1. The van der Waals surface area contributed by atoms with Crippen molar-refractivity contribution in [2.45, 2.75) is 38.1 Å². The number of nitrogens with zero attached hydrogens (tertiary/aromatic N) is 3. The van der Waals surface area contributed by atoms with E-state index in [1.165, 1.54) is 55.8 Å². The highest BCUT2D eigenvalue weighted by Crippen LogP contribution is 2.28. The van der Waals surface area contributed by atoms with Gasteiger partial charge in [-0.2, -0.15) is 0 Å². The van der Waals surface area contributed by atoms with Gasteiger partial charge in [0.25, 0.3) is 0 Å². The van der Waals surface area contributed by atoms with E-state index in [0.717, 1.165) is 5.13 Å². The normalized spacial score (nSPS) is 15.4. The van der Waals surface area contributed by atoms with Crippen LogP contribution in [0.2, 0.25) is 5.02 Å². The topological polar surface area (TPSA) is 55.3 Å². The molecular formula is C16H18ClN3O2S. The second-order valence-electron chi connectivity index (χ2n) is 5.65. The van der Waals surface area contributed by atoms with Crippen molar-refractivity contribution in [3.8, 4) is 5.75 Å². The number of halogens is 1. The second kappa shape index (κ2) is 7.27. The molecule has 0 aliphatic heterocycles. The summed E-state index contributed by atoms with van der Waals surface area (Å²) in [5.41, 5.74) is 0.313. The molecule has 0 saturated heterocycles. The molecule has 23 heavy (non-hydrogen) atoms. The minimum absolute atomic E-state index is 0.313. The molecule has 0 amide bonds. The van der Waals surface area contributed by atoms with Gasteiger partial charge in [-0.1, -0.05) is 30.9 Å². The van der Waals surface area contributed by atoms with E-state index >= 15 is 0 Å². The highest BCUT2D eigenvalue weighted by Gasteiger charge is 2.22. The van der Waals surface area contributed by atoms with Gasteiger partial charge in [0.1, 0.15) is 0 Å². The summed E-state index contributed by atoms with van der Waals surface area (Å²) < 4.78 is 5.26. The fraction of sp³-hybridized carbons (Fsp3) is 0.438.